The summed E-state index contributed by atoms with van der Waals surface area (Å²) < 4.78 is 5.26. The van der Waals surface area contributed by atoms with Crippen molar-refractivity contribution in [3.8, 4) is 5.75 Å². The number of fused-ring (bicyclic) bond motifs is 3. The molecule has 1 aliphatic rings. The van der Waals surface area contributed by atoms with Gasteiger partial charge in [-0.2, -0.15) is 0 Å². The van der Waals surface area contributed by atoms with Crippen LogP contribution in [0.4, 0.5) is 0 Å². The number of methoxy groups -OCH3 is 1. The number of hydrogen-bond donors (Lipinski definition) is 1. The Morgan fingerprint density at radius 2 is 1.97 bits per heavy atom. The molecule has 154 valence electrons. The summed E-state index contributed by atoms with van der Waals surface area (Å²) >= 11 is 12.4. The Morgan fingerprint density at radius 3 is 2.55 bits per heavy atom. The third kappa shape index (κ3) is 4.96. The molecule has 4 rings (SSSR count). The van der Waals surface area contributed by atoms with Crippen LogP contribution in [-0.4, -0.2) is 35.3 Å². The predicted octanol–water partition coefficient (Wildman–Crippen LogP) is 4.71. The van der Waals surface area contributed by atoms with Gasteiger partial charge in [-0.15, -0.1) is 0 Å². The molecule has 0 radical (unpaired) electrons. The monoisotopic (exact) mass is 435 g/mol. The van der Waals surface area contributed by atoms with Crippen LogP contribution in [0.25, 0.3) is 10.9 Å². The van der Waals surface area contributed by atoms with Crippen LogP contribution in [-0.2, 0) is 13.1 Å². The minimum Gasteiger partial charge on any atom is -0.495 e. The maximum absolute atomic E-state index is 10.6. The lowest BCUT2D eigenvalue weighted by Crippen LogP contribution is -2.09. The van der Waals surface area contributed by atoms with Crippen molar-refractivity contribution in [1.82, 2.24) is 14.9 Å². The van der Waals surface area contributed by atoms with Crippen LogP contribution in [0.2, 0.25) is 10.0 Å². The van der Waals surface area contributed by atoms with Crippen molar-refractivity contribution >= 4 is 40.4 Å². The molecule has 0 fully saturated rings. The van der Waals surface area contributed by atoms with Crippen molar-refractivity contribution in [3.05, 3.63) is 67.7 Å². The van der Waals surface area contributed by atoms with E-state index in [0.29, 0.717) is 22.1 Å². The number of halogens is 2. The number of carbonyl (C=O) groups excluding carboxylic acids is 1. The van der Waals surface area contributed by atoms with E-state index in [1.54, 1.807) is 13.2 Å². The molecule has 0 aliphatic carbocycles. The van der Waals surface area contributed by atoms with Gasteiger partial charge >= 0.3 is 0 Å². The number of benzene rings is 1. The summed E-state index contributed by atoms with van der Waals surface area (Å²) in [5.74, 6) is 0.596. The van der Waals surface area contributed by atoms with Crippen LogP contribution in [0.3, 0.4) is 0 Å². The molecule has 6 nitrogen and oxygen atoms in total. The fourth-order valence-electron chi connectivity index (χ4n) is 2.96. The third-order valence-electron chi connectivity index (χ3n) is 4.27. The molecular weight excluding hydrogens is 413 g/mol. The minimum atomic E-state index is -0.340. The van der Waals surface area contributed by atoms with Gasteiger partial charge in [0.15, 0.2) is 6.29 Å². The molecule has 1 N–H and O–H groups in total. The molecule has 3 heterocycles. The number of ether oxygens (including phenoxy) is 1. The maximum atomic E-state index is 10.6. The first-order chi connectivity index (χ1) is 14.0. The third-order valence-corrected chi connectivity index (χ3v) is 5.11. The Balaban J connectivity index is 0.000000231. The molecule has 8 heteroatoms. The summed E-state index contributed by atoms with van der Waals surface area (Å²) in [4.78, 5) is 29.6. The summed E-state index contributed by atoms with van der Waals surface area (Å²) in [7, 11) is 3.67. The van der Waals surface area contributed by atoms with Crippen LogP contribution in [0, 0.1) is 0 Å². The molecule has 0 saturated heterocycles. The van der Waals surface area contributed by atoms with Gasteiger partial charge in [0.05, 0.1) is 23.2 Å². The molecule has 1 aromatic carbocycles. The zero-order chi connectivity index (χ0) is 21.6. The van der Waals surface area contributed by atoms with Crippen LogP contribution in [0.15, 0.2) is 35.4 Å². The minimum absolute atomic E-state index is 0.164. The van der Waals surface area contributed by atoms with Gasteiger partial charge in [0.2, 0.25) is 0 Å². The summed E-state index contributed by atoms with van der Waals surface area (Å²) in [6.07, 6.45) is 3.89. The van der Waals surface area contributed by atoms with Gasteiger partial charge in [-0.3, -0.25) is 19.5 Å². The number of rotatable bonds is 2. The number of H-pyrrole nitrogens is 1. The van der Waals surface area contributed by atoms with Crippen molar-refractivity contribution in [2.24, 2.45) is 0 Å². The highest BCUT2D eigenvalue weighted by molar-refractivity contribution is 6.46. The van der Waals surface area contributed by atoms with Crippen molar-refractivity contribution in [2.75, 3.05) is 14.2 Å². The van der Waals surface area contributed by atoms with Crippen LogP contribution in [0.1, 0.15) is 35.3 Å². The van der Waals surface area contributed by atoms with E-state index in [1.165, 1.54) is 23.4 Å². The van der Waals surface area contributed by atoms with Gasteiger partial charge in [-0.1, -0.05) is 37.0 Å². The first-order valence-electron chi connectivity index (χ1n) is 9.10. The zero-order valence-corrected chi connectivity index (χ0v) is 18.3. The highest BCUT2D eigenvalue weighted by Gasteiger charge is 2.22. The Labute approximate surface area is 179 Å². The first-order valence-corrected chi connectivity index (χ1v) is 9.85. The fourth-order valence-corrected chi connectivity index (χ4v) is 3.42. The van der Waals surface area contributed by atoms with E-state index >= 15 is 0 Å². The Hall–Kier alpha value is -2.41. The van der Waals surface area contributed by atoms with Gasteiger partial charge in [-0.25, -0.2) is 0 Å². The average Bonchev–Trinajstić information content (AvgIpc) is 3.13. The molecule has 0 atom stereocenters. The standard InChI is InChI=1S/C13H12Cl2N2O.C6H5NO2.C2H6/c1-17-5-7-4-16-13-8(9(7)6-17)3-10(18-2)11(14)12(13)15;8-4-5-2-1-3-7-6(5)9;1-2/h3-4H,5-6H2,1-2H3;1-4H,(H,7,9);1-2H3. The largest absolute Gasteiger partial charge is 0.495 e. The van der Waals surface area contributed by atoms with Crippen molar-refractivity contribution in [1.29, 1.82) is 0 Å². The highest BCUT2D eigenvalue weighted by Crippen LogP contribution is 2.40. The molecule has 1 aliphatic heterocycles. The lowest BCUT2D eigenvalue weighted by Gasteiger charge is -2.10. The molecule has 3 aromatic rings. The van der Waals surface area contributed by atoms with E-state index in [4.69, 9.17) is 27.9 Å². The van der Waals surface area contributed by atoms with Gasteiger partial charge in [0, 0.05) is 30.9 Å². The number of aromatic amines is 1. The smallest absolute Gasteiger partial charge is 0.258 e. The molecule has 0 spiro atoms. The topological polar surface area (TPSA) is 75.3 Å². The maximum Gasteiger partial charge on any atom is 0.258 e. The van der Waals surface area contributed by atoms with Gasteiger partial charge in [0.25, 0.3) is 5.56 Å². The summed E-state index contributed by atoms with van der Waals surface area (Å²) in [5.41, 5.74) is 3.08. The second-order valence-corrected chi connectivity index (χ2v) is 6.87. The van der Waals surface area contributed by atoms with Crippen LogP contribution in [0.5, 0.6) is 5.75 Å². The number of carbonyl (C=O) groups is 1. The van der Waals surface area contributed by atoms with E-state index in [-0.39, 0.29) is 11.1 Å². The molecule has 0 bridgehead atoms. The Morgan fingerprint density at radius 1 is 1.24 bits per heavy atom. The number of aldehydes is 1. The quantitative estimate of drug-likeness (QED) is 0.589. The van der Waals surface area contributed by atoms with Gasteiger partial charge < -0.3 is 9.72 Å². The van der Waals surface area contributed by atoms with Crippen molar-refractivity contribution < 1.29 is 9.53 Å². The van der Waals surface area contributed by atoms with Crippen molar-refractivity contribution in [3.63, 3.8) is 0 Å². The molecule has 2 aromatic heterocycles. The Kier molecular flexibility index (Phi) is 8.20. The molecule has 0 amide bonds. The number of nitrogens with zero attached hydrogens (tertiary/aromatic N) is 2. The number of pyridine rings is 2. The van der Waals surface area contributed by atoms with E-state index in [2.05, 4.69) is 21.9 Å². The summed E-state index contributed by atoms with van der Waals surface area (Å²) in [5, 5.41) is 1.91. The van der Waals surface area contributed by atoms with E-state index in [1.807, 2.05) is 26.1 Å². The van der Waals surface area contributed by atoms with Crippen LogP contribution >= 0.6 is 23.2 Å². The SMILES string of the molecule is CC.COc1cc2c3c(cnc2c(Cl)c1Cl)CN(C)C3.O=Cc1ccc[nH]c1=O. The highest BCUT2D eigenvalue weighted by atomic mass is 35.5. The number of hydrogen-bond acceptors (Lipinski definition) is 5. The van der Waals surface area contributed by atoms with E-state index in [9.17, 15) is 9.59 Å². The first kappa shape index (κ1) is 22.9. The summed E-state index contributed by atoms with van der Waals surface area (Å²) in [6.45, 7) is 5.82. The number of aromatic nitrogens is 2. The average molecular weight is 436 g/mol. The molecule has 0 saturated carbocycles. The Bertz CT molecular complexity index is 1070. The predicted molar refractivity (Wildman–Crippen MR) is 117 cm³/mol. The van der Waals surface area contributed by atoms with Crippen LogP contribution < -0.4 is 10.3 Å². The van der Waals surface area contributed by atoms with E-state index < -0.39 is 0 Å². The molecular formula is C21H23Cl2N3O3. The van der Waals surface area contributed by atoms with Gasteiger partial charge in [-0.05, 0) is 36.4 Å². The normalized spacial score (nSPS) is 12.3. The fraction of sp³-hybridized carbons (Fsp3) is 0.286. The van der Waals surface area contributed by atoms with E-state index in [0.717, 1.165) is 24.0 Å². The second kappa shape index (κ2) is 10.4. The number of nitrogens with one attached hydrogen (secondary N) is 1. The molecule has 0 unspecified atom stereocenters. The lowest BCUT2D eigenvalue weighted by atomic mass is 10.1. The zero-order valence-electron chi connectivity index (χ0n) is 16.8. The van der Waals surface area contributed by atoms with Crippen molar-refractivity contribution in [2.45, 2.75) is 26.9 Å². The van der Waals surface area contributed by atoms with Gasteiger partial charge in [0.1, 0.15) is 10.8 Å². The second-order valence-electron chi connectivity index (χ2n) is 6.11. The summed E-state index contributed by atoms with van der Waals surface area (Å²) in [6, 6.07) is 4.99. The molecule has 29 heavy (non-hydrogen) atoms. The lowest BCUT2D eigenvalue weighted by molar-refractivity contribution is 0.112.